The van der Waals surface area contributed by atoms with Crippen LogP contribution in [0, 0.1) is 10.1 Å². The molecule has 5 heteroatoms. The van der Waals surface area contributed by atoms with Gasteiger partial charge in [-0.15, -0.1) is 0 Å². The average Bonchev–Trinajstić information content (AvgIpc) is 2.56. The Bertz CT molecular complexity index is 713. The zero-order valence-electron chi connectivity index (χ0n) is 9.67. The number of hydrogen-bond donors (Lipinski definition) is 0. The molecule has 0 N–H and O–H groups in total. The van der Waals surface area contributed by atoms with E-state index >= 15 is 0 Å². The van der Waals surface area contributed by atoms with Gasteiger partial charge in [-0.1, -0.05) is 45.9 Å². The van der Waals surface area contributed by atoms with Crippen LogP contribution in [0.5, 0.6) is 0 Å². The summed E-state index contributed by atoms with van der Waals surface area (Å²) in [7, 11) is 0. The Labute approximate surface area is 122 Å². The van der Waals surface area contributed by atoms with E-state index in [1.165, 1.54) is 0 Å². The molecule has 0 spiro atoms. The van der Waals surface area contributed by atoms with Gasteiger partial charge in [0.1, 0.15) is 0 Å². The van der Waals surface area contributed by atoms with Crippen LogP contribution < -0.4 is 0 Å². The zero-order chi connectivity index (χ0) is 13.4. The van der Waals surface area contributed by atoms with Crippen molar-refractivity contribution >= 4 is 45.5 Å². The molecule has 3 rings (SSSR count). The fourth-order valence-electron chi connectivity index (χ4n) is 1.90. The van der Waals surface area contributed by atoms with Crippen molar-refractivity contribution in [3.63, 3.8) is 0 Å². The summed E-state index contributed by atoms with van der Waals surface area (Å²) in [6, 6.07) is 11.0. The van der Waals surface area contributed by atoms with E-state index in [1.54, 1.807) is 30.0 Å². The maximum atomic E-state index is 10.8. The molecule has 19 heavy (non-hydrogen) atoms. The highest BCUT2D eigenvalue weighted by molar-refractivity contribution is 9.10. The van der Waals surface area contributed by atoms with Gasteiger partial charge >= 0.3 is 0 Å². The largest absolute Gasteiger partial charge is 0.270 e. The van der Waals surface area contributed by atoms with Gasteiger partial charge in [-0.25, -0.2) is 0 Å². The lowest BCUT2D eigenvalue weighted by Crippen LogP contribution is -1.89. The van der Waals surface area contributed by atoms with Crippen molar-refractivity contribution in [3.05, 3.63) is 62.1 Å². The molecule has 0 bridgehead atoms. The summed E-state index contributed by atoms with van der Waals surface area (Å²) in [5.74, 6) is 0. The van der Waals surface area contributed by atoms with Gasteiger partial charge in [-0.3, -0.25) is 10.1 Å². The van der Waals surface area contributed by atoms with Gasteiger partial charge in [0.25, 0.3) is 5.69 Å². The smallest absolute Gasteiger partial charge is 0.258 e. The van der Waals surface area contributed by atoms with Crippen molar-refractivity contribution in [2.24, 2.45) is 0 Å². The summed E-state index contributed by atoms with van der Waals surface area (Å²) in [5.41, 5.74) is 2.12. The van der Waals surface area contributed by atoms with Crippen LogP contribution in [0.3, 0.4) is 0 Å². The number of rotatable bonds is 1. The molecule has 2 aromatic carbocycles. The fraction of sp³-hybridized carbons (Fsp3) is 0. The second-order valence-corrected chi connectivity index (χ2v) is 6.10. The van der Waals surface area contributed by atoms with Gasteiger partial charge in [0, 0.05) is 26.4 Å². The third-order valence-corrected chi connectivity index (χ3v) is 4.50. The second-order valence-electron chi connectivity index (χ2n) is 4.10. The van der Waals surface area contributed by atoms with Crippen LogP contribution in [0.1, 0.15) is 11.1 Å². The van der Waals surface area contributed by atoms with Crippen LogP contribution in [-0.2, 0) is 0 Å². The lowest BCUT2D eigenvalue weighted by Gasteiger charge is -2.05. The lowest BCUT2D eigenvalue weighted by molar-refractivity contribution is -0.384. The quantitative estimate of drug-likeness (QED) is 0.465. The zero-order valence-corrected chi connectivity index (χ0v) is 12.1. The molecule has 0 aromatic heterocycles. The number of non-ortho nitro benzene ring substituents is 1. The molecule has 3 nitrogen and oxygen atoms in total. The van der Waals surface area contributed by atoms with Crippen molar-refractivity contribution in [1.82, 2.24) is 0 Å². The van der Waals surface area contributed by atoms with Crippen molar-refractivity contribution in [2.75, 3.05) is 0 Å². The van der Waals surface area contributed by atoms with Crippen molar-refractivity contribution in [2.45, 2.75) is 9.79 Å². The average molecular weight is 334 g/mol. The van der Waals surface area contributed by atoms with Gasteiger partial charge in [0.2, 0.25) is 0 Å². The lowest BCUT2D eigenvalue weighted by atomic mass is 10.1. The molecule has 0 atom stereocenters. The topological polar surface area (TPSA) is 43.1 Å². The Hall–Kier alpha value is -1.59. The van der Waals surface area contributed by atoms with Crippen molar-refractivity contribution < 1.29 is 4.92 Å². The van der Waals surface area contributed by atoms with Crippen LogP contribution in [0.25, 0.3) is 12.2 Å². The molecule has 0 fully saturated rings. The van der Waals surface area contributed by atoms with Gasteiger partial charge in [0.15, 0.2) is 0 Å². The molecule has 1 heterocycles. The molecular weight excluding hydrogens is 326 g/mol. The highest BCUT2D eigenvalue weighted by Crippen LogP contribution is 2.39. The van der Waals surface area contributed by atoms with Gasteiger partial charge in [0.05, 0.1) is 4.92 Å². The summed E-state index contributed by atoms with van der Waals surface area (Å²) in [5, 5.41) is 10.8. The van der Waals surface area contributed by atoms with E-state index in [2.05, 4.69) is 22.0 Å². The maximum absolute atomic E-state index is 10.8. The molecule has 0 radical (unpaired) electrons. The van der Waals surface area contributed by atoms with Crippen LogP contribution in [0.15, 0.2) is 50.7 Å². The number of halogens is 1. The molecule has 1 aliphatic heterocycles. The molecule has 2 aromatic rings. The Morgan fingerprint density at radius 3 is 2.58 bits per heavy atom. The Balaban J connectivity index is 2.11. The second kappa shape index (κ2) is 4.83. The van der Waals surface area contributed by atoms with E-state index in [1.807, 2.05) is 24.3 Å². The minimum atomic E-state index is -0.368. The number of benzene rings is 2. The van der Waals surface area contributed by atoms with Crippen LogP contribution in [0.4, 0.5) is 5.69 Å². The number of nitro groups is 1. The summed E-state index contributed by atoms with van der Waals surface area (Å²) < 4.78 is 1.03. The molecule has 0 saturated carbocycles. The fourth-order valence-corrected chi connectivity index (χ4v) is 3.48. The first-order chi connectivity index (χ1) is 9.13. The molecule has 0 aliphatic carbocycles. The summed E-state index contributed by atoms with van der Waals surface area (Å²) in [4.78, 5) is 12.6. The van der Waals surface area contributed by atoms with E-state index < -0.39 is 0 Å². The highest BCUT2D eigenvalue weighted by Gasteiger charge is 2.14. The van der Waals surface area contributed by atoms with Gasteiger partial charge < -0.3 is 0 Å². The van der Waals surface area contributed by atoms with Crippen molar-refractivity contribution in [3.8, 4) is 0 Å². The van der Waals surface area contributed by atoms with Crippen molar-refractivity contribution in [1.29, 1.82) is 0 Å². The monoisotopic (exact) mass is 333 g/mol. The minimum Gasteiger partial charge on any atom is -0.258 e. The molecule has 0 amide bonds. The number of nitrogens with zero attached hydrogens (tertiary/aromatic N) is 1. The molecule has 1 aliphatic rings. The first kappa shape index (κ1) is 12.4. The van der Waals surface area contributed by atoms with Crippen LogP contribution in [-0.4, -0.2) is 4.92 Å². The van der Waals surface area contributed by atoms with Crippen LogP contribution >= 0.6 is 27.7 Å². The predicted molar refractivity (Wildman–Crippen MR) is 80.3 cm³/mol. The normalized spacial score (nSPS) is 12.5. The first-order valence-electron chi connectivity index (χ1n) is 5.57. The first-order valence-corrected chi connectivity index (χ1v) is 7.18. The molecule has 0 unspecified atom stereocenters. The SMILES string of the molecule is O=[N+]([O-])c1ccc2c(c1)C=Cc1ccc(Br)cc1S2. The Kier molecular flexibility index (Phi) is 3.16. The standard InChI is InChI=1S/C14H8BrNO2S/c15-11-4-3-9-1-2-10-7-12(16(17)18)5-6-13(10)19-14(9)8-11/h1-8H. The van der Waals surface area contributed by atoms with Gasteiger partial charge in [-0.05, 0) is 29.3 Å². The third-order valence-electron chi connectivity index (χ3n) is 2.84. The molecule has 94 valence electrons. The summed E-state index contributed by atoms with van der Waals surface area (Å²) in [6.45, 7) is 0. The van der Waals surface area contributed by atoms with Gasteiger partial charge in [-0.2, -0.15) is 0 Å². The summed E-state index contributed by atoms with van der Waals surface area (Å²) >= 11 is 5.08. The molecule has 0 saturated heterocycles. The number of hydrogen-bond acceptors (Lipinski definition) is 3. The minimum absolute atomic E-state index is 0.121. The van der Waals surface area contributed by atoms with E-state index in [9.17, 15) is 10.1 Å². The number of nitro benzene ring substituents is 1. The highest BCUT2D eigenvalue weighted by atomic mass is 79.9. The van der Waals surface area contributed by atoms with E-state index in [4.69, 9.17) is 0 Å². The number of fused-ring (bicyclic) bond motifs is 2. The summed E-state index contributed by atoms with van der Waals surface area (Å²) in [6.07, 6.45) is 3.92. The van der Waals surface area contributed by atoms with E-state index in [0.29, 0.717) is 0 Å². The Morgan fingerprint density at radius 2 is 1.79 bits per heavy atom. The Morgan fingerprint density at radius 1 is 1.00 bits per heavy atom. The van der Waals surface area contributed by atoms with E-state index in [0.717, 1.165) is 25.4 Å². The third kappa shape index (κ3) is 2.43. The predicted octanol–water partition coefficient (Wildman–Crippen LogP) is 4.99. The maximum Gasteiger partial charge on any atom is 0.270 e. The molecular formula is C14H8BrNO2S. The van der Waals surface area contributed by atoms with E-state index in [-0.39, 0.29) is 10.6 Å². The van der Waals surface area contributed by atoms with Crippen LogP contribution in [0.2, 0.25) is 0 Å².